The number of nitrogens with two attached hydrogens (primary N) is 1. The van der Waals surface area contributed by atoms with Crippen LogP contribution in [0, 0.1) is 5.82 Å². The fourth-order valence-electron chi connectivity index (χ4n) is 2.83. The summed E-state index contributed by atoms with van der Waals surface area (Å²) in [7, 11) is 0. The van der Waals surface area contributed by atoms with Crippen LogP contribution in [0.2, 0.25) is 5.02 Å². The van der Waals surface area contributed by atoms with Gasteiger partial charge in [0.1, 0.15) is 5.82 Å². The van der Waals surface area contributed by atoms with E-state index in [0.29, 0.717) is 13.0 Å². The lowest BCUT2D eigenvalue weighted by molar-refractivity contribution is 0.0246. The lowest BCUT2D eigenvalue weighted by Crippen LogP contribution is -2.35. The van der Waals surface area contributed by atoms with Crippen molar-refractivity contribution in [3.63, 3.8) is 0 Å². The summed E-state index contributed by atoms with van der Waals surface area (Å²) in [5.41, 5.74) is 9.56. The third kappa shape index (κ3) is 3.10. The predicted molar refractivity (Wildman–Crippen MR) is 81.9 cm³/mol. The molecule has 0 saturated heterocycles. The highest BCUT2D eigenvalue weighted by molar-refractivity contribution is 6.30. The van der Waals surface area contributed by atoms with E-state index in [2.05, 4.69) is 12.1 Å². The third-order valence-electron chi connectivity index (χ3n) is 3.87. The first kappa shape index (κ1) is 14.5. The van der Waals surface area contributed by atoms with Crippen LogP contribution in [-0.2, 0) is 17.6 Å². The monoisotopic (exact) mass is 305 g/mol. The highest BCUT2D eigenvalue weighted by Gasteiger charge is 2.26. The van der Waals surface area contributed by atoms with Crippen molar-refractivity contribution in [2.45, 2.75) is 25.0 Å². The second kappa shape index (κ2) is 6.14. The van der Waals surface area contributed by atoms with Gasteiger partial charge in [-0.25, -0.2) is 4.39 Å². The third-order valence-corrected chi connectivity index (χ3v) is 4.18. The highest BCUT2D eigenvalue weighted by atomic mass is 35.5. The summed E-state index contributed by atoms with van der Waals surface area (Å²) in [4.78, 5) is 0. The molecule has 3 rings (SSSR count). The number of fused-ring (bicyclic) bond motifs is 1. The SMILES string of the molecule is NC(Cc1ccc(Cl)c(F)c1)C1OCCc2ccccc21. The fraction of sp³-hybridized carbons (Fsp3) is 0.294. The first-order valence-corrected chi connectivity index (χ1v) is 7.42. The Morgan fingerprint density at radius 1 is 1.29 bits per heavy atom. The van der Waals surface area contributed by atoms with Gasteiger partial charge in [0, 0.05) is 6.04 Å². The molecule has 0 fully saturated rings. The molecule has 0 aliphatic carbocycles. The van der Waals surface area contributed by atoms with Gasteiger partial charge >= 0.3 is 0 Å². The van der Waals surface area contributed by atoms with Crippen molar-refractivity contribution in [3.8, 4) is 0 Å². The van der Waals surface area contributed by atoms with Crippen molar-refractivity contribution >= 4 is 11.6 Å². The summed E-state index contributed by atoms with van der Waals surface area (Å²) >= 11 is 5.70. The topological polar surface area (TPSA) is 35.2 Å². The van der Waals surface area contributed by atoms with Crippen LogP contribution in [0.1, 0.15) is 22.8 Å². The number of hydrogen-bond acceptors (Lipinski definition) is 2. The van der Waals surface area contributed by atoms with Crippen molar-refractivity contribution in [1.82, 2.24) is 0 Å². The molecule has 2 aromatic carbocycles. The maximum Gasteiger partial charge on any atom is 0.142 e. The van der Waals surface area contributed by atoms with Gasteiger partial charge in [-0.05, 0) is 41.7 Å². The first-order valence-electron chi connectivity index (χ1n) is 7.04. The second-order valence-corrected chi connectivity index (χ2v) is 5.76. The molecule has 2 N–H and O–H groups in total. The second-order valence-electron chi connectivity index (χ2n) is 5.36. The van der Waals surface area contributed by atoms with E-state index in [-0.39, 0.29) is 17.2 Å². The van der Waals surface area contributed by atoms with Crippen LogP contribution in [0.15, 0.2) is 42.5 Å². The van der Waals surface area contributed by atoms with Crippen molar-refractivity contribution in [3.05, 3.63) is 70.0 Å². The molecule has 1 aliphatic rings. The minimum atomic E-state index is -0.411. The summed E-state index contributed by atoms with van der Waals surface area (Å²) in [6, 6.07) is 12.8. The average Bonchev–Trinajstić information content (AvgIpc) is 2.50. The van der Waals surface area contributed by atoms with E-state index >= 15 is 0 Å². The maximum absolute atomic E-state index is 13.5. The van der Waals surface area contributed by atoms with Crippen molar-refractivity contribution in [2.24, 2.45) is 5.73 Å². The first-order chi connectivity index (χ1) is 10.1. The van der Waals surface area contributed by atoms with Crippen LogP contribution >= 0.6 is 11.6 Å². The zero-order chi connectivity index (χ0) is 14.8. The van der Waals surface area contributed by atoms with Gasteiger partial charge in [-0.3, -0.25) is 0 Å². The normalized spacial score (nSPS) is 19.1. The van der Waals surface area contributed by atoms with E-state index in [1.807, 2.05) is 12.1 Å². The van der Waals surface area contributed by atoms with E-state index in [9.17, 15) is 4.39 Å². The Morgan fingerprint density at radius 2 is 2.10 bits per heavy atom. The molecule has 21 heavy (non-hydrogen) atoms. The number of halogens is 2. The minimum Gasteiger partial charge on any atom is -0.372 e. The number of benzene rings is 2. The highest BCUT2D eigenvalue weighted by Crippen LogP contribution is 2.30. The summed E-state index contributed by atoms with van der Waals surface area (Å²) in [5, 5.41) is 0.131. The molecule has 1 heterocycles. The molecule has 1 aliphatic heterocycles. The van der Waals surface area contributed by atoms with Crippen LogP contribution in [0.25, 0.3) is 0 Å². The van der Waals surface area contributed by atoms with E-state index in [1.54, 1.807) is 12.1 Å². The van der Waals surface area contributed by atoms with Gasteiger partial charge in [-0.1, -0.05) is 41.9 Å². The Hall–Kier alpha value is -1.42. The molecular weight excluding hydrogens is 289 g/mol. The summed E-state index contributed by atoms with van der Waals surface area (Å²) < 4.78 is 19.4. The lowest BCUT2D eigenvalue weighted by Gasteiger charge is -2.30. The maximum atomic E-state index is 13.5. The Kier molecular flexibility index (Phi) is 4.24. The van der Waals surface area contributed by atoms with E-state index in [0.717, 1.165) is 17.5 Å². The van der Waals surface area contributed by atoms with Gasteiger partial charge in [0.25, 0.3) is 0 Å². The van der Waals surface area contributed by atoms with Gasteiger partial charge < -0.3 is 10.5 Å². The summed E-state index contributed by atoms with van der Waals surface area (Å²) in [6.45, 7) is 0.671. The molecule has 0 saturated carbocycles. The fourth-order valence-corrected chi connectivity index (χ4v) is 2.94. The number of ether oxygens (including phenoxy) is 1. The van der Waals surface area contributed by atoms with Crippen LogP contribution in [-0.4, -0.2) is 12.6 Å². The average molecular weight is 306 g/mol. The molecule has 0 amide bonds. The molecule has 2 atom stereocenters. The molecule has 2 unspecified atom stereocenters. The Morgan fingerprint density at radius 3 is 2.90 bits per heavy atom. The minimum absolute atomic E-state index is 0.131. The van der Waals surface area contributed by atoms with Crippen LogP contribution < -0.4 is 5.73 Å². The van der Waals surface area contributed by atoms with E-state index in [4.69, 9.17) is 22.1 Å². The molecule has 2 aromatic rings. The van der Waals surface area contributed by atoms with Crippen molar-refractivity contribution in [2.75, 3.05) is 6.61 Å². The molecule has 2 nitrogen and oxygen atoms in total. The lowest BCUT2D eigenvalue weighted by atomic mass is 9.91. The van der Waals surface area contributed by atoms with Gasteiger partial charge in [-0.15, -0.1) is 0 Å². The Balaban J connectivity index is 1.80. The molecule has 110 valence electrons. The Labute approximate surface area is 128 Å². The Bertz CT molecular complexity index is 646. The van der Waals surface area contributed by atoms with Gasteiger partial charge in [0.2, 0.25) is 0 Å². The molecule has 0 radical (unpaired) electrons. The number of rotatable bonds is 3. The standard InChI is InChI=1S/C17H17ClFNO/c18-14-6-5-11(9-15(14)19)10-16(20)17-13-4-2-1-3-12(13)7-8-21-17/h1-6,9,16-17H,7-8,10,20H2. The van der Waals surface area contributed by atoms with Crippen LogP contribution in [0.4, 0.5) is 4.39 Å². The molecular formula is C17H17ClFNO. The van der Waals surface area contributed by atoms with Gasteiger partial charge in [0.05, 0.1) is 17.7 Å². The largest absolute Gasteiger partial charge is 0.372 e. The van der Waals surface area contributed by atoms with E-state index in [1.165, 1.54) is 11.6 Å². The quantitative estimate of drug-likeness (QED) is 0.939. The van der Waals surface area contributed by atoms with Gasteiger partial charge in [-0.2, -0.15) is 0 Å². The van der Waals surface area contributed by atoms with Crippen molar-refractivity contribution < 1.29 is 9.13 Å². The zero-order valence-corrected chi connectivity index (χ0v) is 12.3. The van der Waals surface area contributed by atoms with E-state index < -0.39 is 5.82 Å². The number of hydrogen-bond donors (Lipinski definition) is 1. The van der Waals surface area contributed by atoms with Crippen LogP contribution in [0.3, 0.4) is 0 Å². The van der Waals surface area contributed by atoms with Crippen LogP contribution in [0.5, 0.6) is 0 Å². The summed E-state index contributed by atoms with van der Waals surface area (Å²) in [6.07, 6.45) is 1.32. The molecule has 0 spiro atoms. The molecule has 0 aromatic heterocycles. The predicted octanol–water partition coefficient (Wildman–Crippen LogP) is 3.66. The summed E-state index contributed by atoms with van der Waals surface area (Å²) in [5.74, 6) is -0.411. The molecule has 4 heteroatoms. The van der Waals surface area contributed by atoms with Crippen molar-refractivity contribution in [1.29, 1.82) is 0 Å². The zero-order valence-electron chi connectivity index (χ0n) is 11.6. The molecule has 0 bridgehead atoms. The smallest absolute Gasteiger partial charge is 0.142 e. The van der Waals surface area contributed by atoms with Gasteiger partial charge in [0.15, 0.2) is 0 Å².